The summed E-state index contributed by atoms with van der Waals surface area (Å²) >= 11 is 4.18. The molecule has 2 rings (SSSR count). The van der Waals surface area contributed by atoms with Gasteiger partial charge in [0.15, 0.2) is 6.29 Å². The molecule has 1 N–H and O–H groups in total. The quantitative estimate of drug-likeness (QED) is 0.285. The third-order valence-corrected chi connectivity index (χ3v) is 6.95. The Hall–Kier alpha value is -2.19. The summed E-state index contributed by atoms with van der Waals surface area (Å²) in [5.74, 6) is 0.308. The highest BCUT2D eigenvalue weighted by atomic mass is 33.1. The first-order valence-corrected chi connectivity index (χ1v) is 12.0. The Morgan fingerprint density at radius 1 is 1.26 bits per heavy atom. The van der Waals surface area contributed by atoms with Gasteiger partial charge < -0.3 is 9.64 Å². The Morgan fingerprint density at radius 3 is 2.58 bits per heavy atom. The van der Waals surface area contributed by atoms with E-state index < -0.39 is 6.09 Å². The van der Waals surface area contributed by atoms with E-state index >= 15 is 0 Å². The second-order valence-corrected chi connectivity index (χ2v) is 10.3. The number of aldehydes is 1. The number of carbonyl (C=O) groups is 3. The van der Waals surface area contributed by atoms with Crippen LogP contribution in [-0.2, 0) is 4.74 Å². The summed E-state index contributed by atoms with van der Waals surface area (Å²) < 4.78 is 4.98. The van der Waals surface area contributed by atoms with Gasteiger partial charge in [0, 0.05) is 35.5 Å². The summed E-state index contributed by atoms with van der Waals surface area (Å²) in [7, 11) is 3.06. The lowest BCUT2D eigenvalue weighted by Crippen LogP contribution is -2.29. The number of thiol groups is 1. The van der Waals surface area contributed by atoms with Gasteiger partial charge in [0.2, 0.25) is 0 Å². The molecular weight excluding hydrogens is 432 g/mol. The maximum atomic E-state index is 13.1. The summed E-state index contributed by atoms with van der Waals surface area (Å²) in [6, 6.07) is 8.47. The maximum absolute atomic E-state index is 13.1. The third kappa shape index (κ3) is 6.64. The predicted molar refractivity (Wildman–Crippen MR) is 131 cm³/mol. The van der Waals surface area contributed by atoms with Gasteiger partial charge in [-0.05, 0) is 44.4 Å². The molecule has 2 aromatic rings. The normalized spacial score (nSPS) is 11.5. The van der Waals surface area contributed by atoms with Crippen LogP contribution in [-0.4, -0.2) is 48.1 Å². The van der Waals surface area contributed by atoms with Crippen LogP contribution in [0.1, 0.15) is 54.8 Å². The van der Waals surface area contributed by atoms with Gasteiger partial charge in [-0.15, -0.1) is 11.7 Å². The van der Waals surface area contributed by atoms with E-state index in [1.807, 2.05) is 13.8 Å². The van der Waals surface area contributed by atoms with E-state index in [4.69, 9.17) is 4.74 Å². The van der Waals surface area contributed by atoms with Crippen molar-refractivity contribution < 1.29 is 19.1 Å². The van der Waals surface area contributed by atoms with Crippen molar-refractivity contribution in [1.29, 1.82) is 0 Å². The summed E-state index contributed by atoms with van der Waals surface area (Å²) in [5.41, 5.74) is 1.29. The van der Waals surface area contributed by atoms with E-state index in [9.17, 15) is 14.4 Å². The van der Waals surface area contributed by atoms with Crippen molar-refractivity contribution in [3.05, 3.63) is 41.5 Å². The first kappa shape index (κ1) is 25.1. The van der Waals surface area contributed by atoms with E-state index in [0.717, 1.165) is 12.7 Å². The molecule has 6 nitrogen and oxygen atoms in total. The molecule has 0 aliphatic heterocycles. The first-order chi connectivity index (χ1) is 14.6. The lowest BCUT2D eigenvalue weighted by atomic mass is 9.97. The SMILES string of the molecule is CC(C)CCN(C)C(=O)c1cccc2c(NC(=O)OCC(C)(C)SS)ccc(C=O)c12. The van der Waals surface area contributed by atoms with Gasteiger partial charge in [0.25, 0.3) is 5.91 Å². The van der Waals surface area contributed by atoms with Crippen LogP contribution in [0.15, 0.2) is 30.3 Å². The van der Waals surface area contributed by atoms with Crippen LogP contribution in [0.5, 0.6) is 0 Å². The molecule has 168 valence electrons. The molecule has 0 aliphatic carbocycles. The average Bonchev–Trinajstić information content (AvgIpc) is 2.75. The number of fused-ring (bicyclic) bond motifs is 1. The van der Waals surface area contributed by atoms with Crippen molar-refractivity contribution >= 4 is 57.2 Å². The van der Waals surface area contributed by atoms with Crippen molar-refractivity contribution in [2.45, 2.75) is 38.9 Å². The Morgan fingerprint density at radius 2 is 1.97 bits per heavy atom. The van der Waals surface area contributed by atoms with E-state index in [0.29, 0.717) is 40.0 Å². The van der Waals surface area contributed by atoms with Crippen molar-refractivity contribution in [2.24, 2.45) is 5.92 Å². The molecule has 8 heteroatoms. The Labute approximate surface area is 192 Å². The smallest absolute Gasteiger partial charge is 0.411 e. The van der Waals surface area contributed by atoms with Crippen LogP contribution < -0.4 is 5.32 Å². The molecule has 0 spiro atoms. The lowest BCUT2D eigenvalue weighted by molar-refractivity contribution is 0.0791. The van der Waals surface area contributed by atoms with Crippen LogP contribution in [0.3, 0.4) is 0 Å². The number of rotatable bonds is 9. The lowest BCUT2D eigenvalue weighted by Gasteiger charge is -2.21. The van der Waals surface area contributed by atoms with E-state index in [-0.39, 0.29) is 17.3 Å². The molecule has 0 aromatic heterocycles. The number of carbonyl (C=O) groups excluding carboxylic acids is 3. The molecule has 31 heavy (non-hydrogen) atoms. The highest BCUT2D eigenvalue weighted by Crippen LogP contribution is 2.31. The molecule has 0 saturated heterocycles. The summed E-state index contributed by atoms with van der Waals surface area (Å²) in [5, 5.41) is 3.85. The van der Waals surface area contributed by atoms with Gasteiger partial charge in [0.05, 0.1) is 10.4 Å². The van der Waals surface area contributed by atoms with Crippen molar-refractivity contribution in [2.75, 3.05) is 25.5 Å². The first-order valence-electron chi connectivity index (χ1n) is 10.1. The molecule has 0 bridgehead atoms. The minimum Gasteiger partial charge on any atom is -0.448 e. The van der Waals surface area contributed by atoms with Gasteiger partial charge in [-0.1, -0.05) is 36.8 Å². The summed E-state index contributed by atoms with van der Waals surface area (Å²) in [4.78, 5) is 38.8. The second-order valence-electron chi connectivity index (χ2n) is 8.51. The van der Waals surface area contributed by atoms with Gasteiger partial charge in [-0.25, -0.2) is 4.79 Å². The maximum Gasteiger partial charge on any atom is 0.411 e. The van der Waals surface area contributed by atoms with Crippen LogP contribution in [0.25, 0.3) is 10.8 Å². The van der Waals surface area contributed by atoms with E-state index in [1.54, 1.807) is 42.3 Å². The number of anilines is 1. The van der Waals surface area contributed by atoms with Crippen LogP contribution in [0, 0.1) is 5.92 Å². The molecule has 0 heterocycles. The van der Waals surface area contributed by atoms with E-state index in [2.05, 4.69) is 30.8 Å². The minimum absolute atomic E-state index is 0.165. The molecule has 2 amide bonds. The predicted octanol–water partition coefficient (Wildman–Crippen LogP) is 5.68. The van der Waals surface area contributed by atoms with Gasteiger partial charge in [-0.2, -0.15) is 0 Å². The van der Waals surface area contributed by atoms with Crippen molar-refractivity contribution in [3.63, 3.8) is 0 Å². The molecule has 0 radical (unpaired) electrons. The zero-order valence-corrected chi connectivity index (χ0v) is 20.3. The topological polar surface area (TPSA) is 75.7 Å². The highest BCUT2D eigenvalue weighted by molar-refractivity contribution is 8.69. The molecule has 0 fully saturated rings. The van der Waals surface area contributed by atoms with Crippen molar-refractivity contribution in [1.82, 2.24) is 4.90 Å². The standard InChI is InChI=1S/C23H30N2O4S2/c1-15(2)11-12-25(5)21(27)18-8-6-7-17-19(10-9-16(13-26)20(17)18)24-22(28)29-14-23(3,4)31-30/h6-10,13,15,30H,11-12,14H2,1-5H3,(H,24,28). The fraction of sp³-hybridized carbons (Fsp3) is 0.435. The monoisotopic (exact) mass is 462 g/mol. The zero-order chi connectivity index (χ0) is 23.2. The fourth-order valence-corrected chi connectivity index (χ4v) is 3.26. The summed E-state index contributed by atoms with van der Waals surface area (Å²) in [6.45, 7) is 8.84. The van der Waals surface area contributed by atoms with Crippen LogP contribution in [0.2, 0.25) is 0 Å². The Balaban J connectivity index is 2.37. The largest absolute Gasteiger partial charge is 0.448 e. The molecule has 0 aliphatic rings. The molecule has 2 aromatic carbocycles. The number of hydrogen-bond acceptors (Lipinski definition) is 6. The van der Waals surface area contributed by atoms with Gasteiger partial charge in [-0.3, -0.25) is 14.9 Å². The molecule has 0 unspecified atom stereocenters. The molecule has 0 saturated carbocycles. The summed E-state index contributed by atoms with van der Waals surface area (Å²) in [6.07, 6.45) is 0.996. The zero-order valence-electron chi connectivity index (χ0n) is 18.6. The minimum atomic E-state index is -0.610. The number of hydrogen-bond donors (Lipinski definition) is 2. The number of benzene rings is 2. The second kappa shape index (κ2) is 10.9. The van der Waals surface area contributed by atoms with Crippen LogP contribution >= 0.6 is 22.5 Å². The number of nitrogens with one attached hydrogen (secondary N) is 1. The number of nitrogens with zero attached hydrogens (tertiary/aromatic N) is 1. The number of ether oxygens (including phenoxy) is 1. The number of amides is 2. The van der Waals surface area contributed by atoms with E-state index in [1.165, 1.54) is 10.8 Å². The molecular formula is C23H30N2O4S2. The highest BCUT2D eigenvalue weighted by Gasteiger charge is 2.21. The Bertz CT molecular complexity index is 960. The van der Waals surface area contributed by atoms with Crippen molar-refractivity contribution in [3.8, 4) is 0 Å². The average molecular weight is 463 g/mol. The van der Waals surface area contributed by atoms with Crippen LogP contribution in [0.4, 0.5) is 10.5 Å². The fourth-order valence-electron chi connectivity index (χ4n) is 2.99. The molecule has 0 atom stereocenters. The Kier molecular flexibility index (Phi) is 8.82. The van der Waals surface area contributed by atoms with Gasteiger partial charge >= 0.3 is 6.09 Å². The third-order valence-electron chi connectivity index (χ3n) is 4.85. The van der Waals surface area contributed by atoms with Gasteiger partial charge in [0.1, 0.15) is 6.61 Å².